The van der Waals surface area contributed by atoms with Gasteiger partial charge in [-0.2, -0.15) is 0 Å². The van der Waals surface area contributed by atoms with E-state index in [1.165, 1.54) is 16.7 Å². The molecule has 0 bridgehead atoms. The smallest absolute Gasteiger partial charge is 0.341 e. The van der Waals surface area contributed by atoms with Crippen molar-refractivity contribution in [3.05, 3.63) is 33.9 Å². The quantitative estimate of drug-likeness (QED) is 0.765. The van der Waals surface area contributed by atoms with E-state index in [0.29, 0.717) is 35.4 Å². The molecule has 166 valence electrons. The van der Waals surface area contributed by atoms with Crippen molar-refractivity contribution >= 4 is 22.6 Å². The molecule has 1 saturated carbocycles. The number of aromatic nitrogens is 1. The minimum atomic E-state index is -1.33. The summed E-state index contributed by atoms with van der Waals surface area (Å²) in [5, 5.41) is 9.77. The van der Waals surface area contributed by atoms with Crippen molar-refractivity contribution in [2.45, 2.75) is 38.0 Å². The van der Waals surface area contributed by atoms with Crippen LogP contribution >= 0.6 is 0 Å². The number of hydrogen-bond donors (Lipinski definition) is 2. The second-order valence-corrected chi connectivity index (χ2v) is 8.99. The molecule has 1 aliphatic carbocycles. The Morgan fingerprint density at radius 1 is 1.32 bits per heavy atom. The van der Waals surface area contributed by atoms with Gasteiger partial charge < -0.3 is 25.2 Å². The second-order valence-electron chi connectivity index (χ2n) is 8.99. The third-order valence-electron chi connectivity index (χ3n) is 7.13. The van der Waals surface area contributed by atoms with Crippen LogP contribution in [0.1, 0.15) is 36.2 Å². The van der Waals surface area contributed by atoms with Crippen molar-refractivity contribution in [1.29, 1.82) is 0 Å². The van der Waals surface area contributed by atoms with Crippen LogP contribution in [-0.2, 0) is 4.74 Å². The SMILES string of the molecule is CO[C@@H]1C[C@@H]2CN(c3c(F)cc4cc(C(=O)O)c(=O)n5c4c3OC[C@@H]5C)C[C@@H]2[C@H](N)C1. The highest BCUT2D eigenvalue weighted by atomic mass is 19.1. The highest BCUT2D eigenvalue weighted by Gasteiger charge is 2.44. The van der Waals surface area contributed by atoms with Crippen molar-refractivity contribution in [2.75, 3.05) is 31.7 Å². The fraction of sp³-hybridized carbons (Fsp3) is 0.545. The van der Waals surface area contributed by atoms with Gasteiger partial charge in [0.2, 0.25) is 0 Å². The molecule has 1 aromatic heterocycles. The van der Waals surface area contributed by atoms with Gasteiger partial charge >= 0.3 is 5.97 Å². The van der Waals surface area contributed by atoms with Crippen LogP contribution < -0.4 is 20.9 Å². The van der Waals surface area contributed by atoms with Gasteiger partial charge in [0.15, 0.2) is 11.6 Å². The Labute approximate surface area is 178 Å². The van der Waals surface area contributed by atoms with E-state index in [1.807, 2.05) is 4.90 Å². The van der Waals surface area contributed by atoms with E-state index in [1.54, 1.807) is 14.0 Å². The zero-order chi connectivity index (χ0) is 22.0. The van der Waals surface area contributed by atoms with Crippen LogP contribution in [0.4, 0.5) is 10.1 Å². The second kappa shape index (κ2) is 7.20. The molecule has 9 heteroatoms. The predicted molar refractivity (Wildman–Crippen MR) is 113 cm³/mol. The molecule has 31 heavy (non-hydrogen) atoms. The molecule has 0 amide bonds. The van der Waals surface area contributed by atoms with E-state index >= 15 is 4.39 Å². The van der Waals surface area contributed by atoms with Gasteiger partial charge in [-0.25, -0.2) is 9.18 Å². The van der Waals surface area contributed by atoms with E-state index in [-0.39, 0.29) is 42.2 Å². The Kier molecular flexibility index (Phi) is 4.71. The first-order valence-corrected chi connectivity index (χ1v) is 10.6. The number of aromatic carboxylic acids is 1. The Morgan fingerprint density at radius 3 is 2.81 bits per heavy atom. The monoisotopic (exact) mass is 431 g/mol. The number of rotatable bonds is 3. The number of pyridine rings is 1. The molecule has 3 aliphatic rings. The fourth-order valence-corrected chi connectivity index (χ4v) is 5.63. The summed E-state index contributed by atoms with van der Waals surface area (Å²) in [5.41, 5.74) is 6.21. The molecule has 1 aromatic carbocycles. The first-order valence-electron chi connectivity index (χ1n) is 10.6. The molecule has 3 heterocycles. The highest BCUT2D eigenvalue weighted by Crippen LogP contribution is 2.46. The summed E-state index contributed by atoms with van der Waals surface area (Å²) in [6.07, 6.45) is 1.76. The van der Waals surface area contributed by atoms with E-state index in [2.05, 4.69) is 0 Å². The largest absolute Gasteiger partial charge is 0.487 e. The number of hydrogen-bond acceptors (Lipinski definition) is 6. The predicted octanol–water partition coefficient (Wildman–Crippen LogP) is 1.98. The first-order chi connectivity index (χ1) is 14.8. The van der Waals surface area contributed by atoms with Crippen molar-refractivity contribution in [3.63, 3.8) is 0 Å². The van der Waals surface area contributed by atoms with E-state index in [9.17, 15) is 14.7 Å². The zero-order valence-corrected chi connectivity index (χ0v) is 17.5. The number of carboxylic acid groups (broad SMARTS) is 1. The molecular formula is C22H26FN3O5. The molecule has 2 aromatic rings. The number of carboxylic acids is 1. The molecule has 5 atom stereocenters. The number of nitrogens with two attached hydrogens (primary N) is 1. The summed E-state index contributed by atoms with van der Waals surface area (Å²) in [6.45, 7) is 3.18. The lowest BCUT2D eigenvalue weighted by Crippen LogP contribution is -2.44. The normalized spacial score (nSPS) is 29.7. The van der Waals surface area contributed by atoms with Crippen molar-refractivity contribution in [3.8, 4) is 5.75 Å². The number of fused-ring (bicyclic) bond motifs is 1. The van der Waals surface area contributed by atoms with Crippen molar-refractivity contribution in [2.24, 2.45) is 17.6 Å². The Balaban J connectivity index is 1.65. The number of nitrogens with zero attached hydrogens (tertiary/aromatic N) is 2. The number of anilines is 1. The molecule has 0 radical (unpaired) electrons. The van der Waals surface area contributed by atoms with Gasteiger partial charge in [0.25, 0.3) is 5.56 Å². The van der Waals surface area contributed by atoms with Gasteiger partial charge in [0, 0.05) is 31.6 Å². The maximum absolute atomic E-state index is 15.4. The summed E-state index contributed by atoms with van der Waals surface area (Å²) >= 11 is 0. The number of benzene rings is 1. The molecule has 3 N–H and O–H groups in total. The molecular weight excluding hydrogens is 405 g/mol. The summed E-state index contributed by atoms with van der Waals surface area (Å²) in [5.74, 6) is -1.000. The molecule has 0 unspecified atom stereocenters. The molecule has 8 nitrogen and oxygen atoms in total. The maximum Gasteiger partial charge on any atom is 0.341 e. The Bertz CT molecular complexity index is 1130. The average Bonchev–Trinajstić information content (AvgIpc) is 3.15. The lowest BCUT2D eigenvalue weighted by Gasteiger charge is -2.34. The van der Waals surface area contributed by atoms with E-state index < -0.39 is 17.3 Å². The summed E-state index contributed by atoms with van der Waals surface area (Å²) in [4.78, 5) is 26.4. The lowest BCUT2D eigenvalue weighted by molar-refractivity contribution is 0.0316. The van der Waals surface area contributed by atoms with Gasteiger partial charge in [-0.3, -0.25) is 9.36 Å². The molecule has 5 rings (SSSR count). The van der Waals surface area contributed by atoms with Gasteiger partial charge in [-0.1, -0.05) is 0 Å². The van der Waals surface area contributed by atoms with E-state index in [4.69, 9.17) is 15.2 Å². The summed E-state index contributed by atoms with van der Waals surface area (Å²) in [7, 11) is 1.69. The van der Waals surface area contributed by atoms with E-state index in [0.717, 1.165) is 12.8 Å². The van der Waals surface area contributed by atoms with Gasteiger partial charge in [-0.15, -0.1) is 0 Å². The minimum absolute atomic E-state index is 0.0224. The molecule has 2 fully saturated rings. The third-order valence-corrected chi connectivity index (χ3v) is 7.13. The van der Waals surface area contributed by atoms with Gasteiger partial charge in [-0.05, 0) is 43.7 Å². The number of methoxy groups -OCH3 is 1. The Morgan fingerprint density at radius 2 is 2.10 bits per heavy atom. The van der Waals surface area contributed by atoms with Crippen LogP contribution in [0.5, 0.6) is 5.75 Å². The van der Waals surface area contributed by atoms with Crippen LogP contribution in [0.25, 0.3) is 10.9 Å². The average molecular weight is 431 g/mol. The number of ether oxygens (including phenoxy) is 2. The van der Waals surface area contributed by atoms with Crippen molar-refractivity contribution in [1.82, 2.24) is 4.57 Å². The van der Waals surface area contributed by atoms with Crippen LogP contribution in [0.2, 0.25) is 0 Å². The van der Waals surface area contributed by atoms with Crippen molar-refractivity contribution < 1.29 is 23.8 Å². The third kappa shape index (κ3) is 3.02. The van der Waals surface area contributed by atoms with Gasteiger partial charge in [0.05, 0.1) is 17.7 Å². The van der Waals surface area contributed by atoms with Crippen LogP contribution in [0.15, 0.2) is 16.9 Å². The molecule has 2 aliphatic heterocycles. The molecule has 1 saturated heterocycles. The van der Waals surface area contributed by atoms with Crippen LogP contribution in [0.3, 0.4) is 0 Å². The molecule has 0 spiro atoms. The summed E-state index contributed by atoms with van der Waals surface area (Å²) in [6, 6.07) is 2.15. The minimum Gasteiger partial charge on any atom is -0.487 e. The number of halogens is 1. The lowest BCUT2D eigenvalue weighted by atomic mass is 9.77. The standard InChI is InChI=1S/C22H26FN3O5/c1-10-9-31-20-18-11(4-14(22(28)29)21(27)26(10)18)5-16(23)19(20)25-7-12-3-13(30-2)6-17(24)15(12)8-25/h4-5,10,12-13,15,17H,3,6-9,24H2,1-2H3,(H,28,29)/t10-,12+,13+,15-,17+/m0/s1. The Hall–Kier alpha value is -2.65. The fourth-order valence-electron chi connectivity index (χ4n) is 5.63. The zero-order valence-electron chi connectivity index (χ0n) is 17.5. The van der Waals surface area contributed by atoms with Crippen LogP contribution in [0, 0.1) is 17.7 Å². The highest BCUT2D eigenvalue weighted by molar-refractivity contribution is 5.97. The van der Waals surface area contributed by atoms with Gasteiger partial charge in [0.1, 0.15) is 17.9 Å². The first kappa shape index (κ1) is 20.3. The topological polar surface area (TPSA) is 107 Å². The number of carbonyl (C=O) groups is 1. The maximum atomic E-state index is 15.4. The summed E-state index contributed by atoms with van der Waals surface area (Å²) < 4.78 is 28.3. The van der Waals surface area contributed by atoms with Crippen LogP contribution in [-0.4, -0.2) is 54.6 Å².